The standard InChI is InChI=1S/C22H28N4O3/c1-2-24(15-20(27)28)16-11-13-25(14-12-16)22(29)21-18-9-6-10-19(18)26(23-21)17-7-4-3-5-8-17/h3-5,7-8,16H,2,6,9-15H2,1H3,(H,27,28). The Labute approximate surface area is 170 Å². The van der Waals surface area contributed by atoms with E-state index in [1.807, 2.05) is 51.7 Å². The number of likely N-dealkylation sites (N-methyl/N-ethyl adjacent to an activating group) is 1. The molecular formula is C22H28N4O3. The average Bonchev–Trinajstić information content (AvgIpc) is 3.35. The number of nitrogens with zero attached hydrogens (tertiary/aromatic N) is 4. The molecule has 29 heavy (non-hydrogen) atoms. The first-order chi connectivity index (χ1) is 14.1. The topological polar surface area (TPSA) is 78.7 Å². The third kappa shape index (κ3) is 3.92. The summed E-state index contributed by atoms with van der Waals surface area (Å²) in [5, 5.41) is 13.8. The largest absolute Gasteiger partial charge is 0.480 e. The summed E-state index contributed by atoms with van der Waals surface area (Å²) in [6, 6.07) is 10.2. The Morgan fingerprint density at radius 2 is 1.90 bits per heavy atom. The molecule has 2 aliphatic rings. The Balaban J connectivity index is 1.49. The molecule has 4 rings (SSSR count). The Morgan fingerprint density at radius 1 is 1.17 bits per heavy atom. The van der Waals surface area contributed by atoms with Gasteiger partial charge in [-0.25, -0.2) is 4.68 Å². The predicted octanol–water partition coefficient (Wildman–Crippen LogP) is 2.37. The van der Waals surface area contributed by atoms with E-state index in [4.69, 9.17) is 10.2 Å². The van der Waals surface area contributed by atoms with Gasteiger partial charge in [0.25, 0.3) is 5.91 Å². The zero-order valence-corrected chi connectivity index (χ0v) is 16.9. The van der Waals surface area contributed by atoms with E-state index in [2.05, 4.69) is 0 Å². The number of likely N-dealkylation sites (tertiary alicyclic amines) is 1. The highest BCUT2D eigenvalue weighted by atomic mass is 16.4. The van der Waals surface area contributed by atoms with Crippen molar-refractivity contribution in [3.63, 3.8) is 0 Å². The number of para-hydroxylation sites is 1. The van der Waals surface area contributed by atoms with Gasteiger partial charge in [-0.15, -0.1) is 0 Å². The summed E-state index contributed by atoms with van der Waals surface area (Å²) < 4.78 is 1.94. The van der Waals surface area contributed by atoms with Crippen molar-refractivity contribution in [2.24, 2.45) is 0 Å². The minimum absolute atomic E-state index is 0.0116. The van der Waals surface area contributed by atoms with Crippen LogP contribution >= 0.6 is 0 Å². The number of fused-ring (bicyclic) bond motifs is 1. The summed E-state index contributed by atoms with van der Waals surface area (Å²) in [6.07, 6.45) is 4.51. The number of benzene rings is 1. The fraction of sp³-hybridized carbons (Fsp3) is 0.500. The first-order valence-electron chi connectivity index (χ1n) is 10.5. The summed E-state index contributed by atoms with van der Waals surface area (Å²) in [4.78, 5) is 28.2. The van der Waals surface area contributed by atoms with Crippen LogP contribution in [0.2, 0.25) is 0 Å². The molecule has 1 fully saturated rings. The van der Waals surface area contributed by atoms with Gasteiger partial charge in [-0.1, -0.05) is 25.1 Å². The SMILES string of the molecule is CCN(CC(=O)O)C1CCN(C(=O)c2nn(-c3ccccc3)c3c2CCC3)CC1. The molecule has 1 aromatic heterocycles. The zero-order chi connectivity index (χ0) is 20.4. The predicted molar refractivity (Wildman–Crippen MR) is 109 cm³/mol. The van der Waals surface area contributed by atoms with Gasteiger partial charge in [-0.05, 0) is 50.8 Å². The van der Waals surface area contributed by atoms with Gasteiger partial charge < -0.3 is 10.0 Å². The van der Waals surface area contributed by atoms with E-state index in [0.717, 1.165) is 49.0 Å². The maximum Gasteiger partial charge on any atom is 0.317 e. The number of aliphatic carboxylic acids is 1. The van der Waals surface area contributed by atoms with Crippen LogP contribution in [0.4, 0.5) is 0 Å². The van der Waals surface area contributed by atoms with Crippen molar-refractivity contribution in [3.05, 3.63) is 47.3 Å². The molecule has 2 heterocycles. The number of rotatable bonds is 6. The second-order valence-corrected chi connectivity index (χ2v) is 7.85. The number of carbonyl (C=O) groups excluding carboxylic acids is 1. The molecule has 1 aromatic carbocycles. The van der Waals surface area contributed by atoms with Crippen molar-refractivity contribution in [1.29, 1.82) is 0 Å². The molecule has 0 radical (unpaired) electrons. The van der Waals surface area contributed by atoms with Crippen molar-refractivity contribution in [1.82, 2.24) is 19.6 Å². The van der Waals surface area contributed by atoms with Crippen LogP contribution in [-0.2, 0) is 17.6 Å². The lowest BCUT2D eigenvalue weighted by Crippen LogP contribution is -2.48. The van der Waals surface area contributed by atoms with E-state index >= 15 is 0 Å². The van der Waals surface area contributed by atoms with E-state index in [0.29, 0.717) is 25.3 Å². The molecule has 1 aliphatic carbocycles. The summed E-state index contributed by atoms with van der Waals surface area (Å²) in [7, 11) is 0. The number of hydrogen-bond donors (Lipinski definition) is 1. The van der Waals surface area contributed by atoms with Crippen molar-refractivity contribution >= 4 is 11.9 Å². The summed E-state index contributed by atoms with van der Waals surface area (Å²) in [5.74, 6) is -0.787. The van der Waals surface area contributed by atoms with E-state index in [1.54, 1.807) is 0 Å². The second-order valence-electron chi connectivity index (χ2n) is 7.85. The highest BCUT2D eigenvalue weighted by Crippen LogP contribution is 2.29. The molecule has 1 saturated heterocycles. The van der Waals surface area contributed by atoms with Crippen LogP contribution in [0.5, 0.6) is 0 Å². The van der Waals surface area contributed by atoms with Crippen molar-refractivity contribution in [2.45, 2.75) is 45.1 Å². The van der Waals surface area contributed by atoms with Gasteiger partial charge in [0, 0.05) is 30.4 Å². The minimum Gasteiger partial charge on any atom is -0.480 e. The number of carbonyl (C=O) groups is 2. The maximum atomic E-state index is 13.3. The third-order valence-corrected chi connectivity index (χ3v) is 6.15. The number of piperidine rings is 1. The normalized spacial score (nSPS) is 17.0. The lowest BCUT2D eigenvalue weighted by atomic mass is 10.0. The van der Waals surface area contributed by atoms with E-state index in [-0.39, 0.29) is 18.5 Å². The van der Waals surface area contributed by atoms with E-state index < -0.39 is 5.97 Å². The molecule has 7 nitrogen and oxygen atoms in total. The zero-order valence-electron chi connectivity index (χ0n) is 16.9. The summed E-state index contributed by atoms with van der Waals surface area (Å²) in [5.41, 5.74) is 3.85. The molecule has 0 atom stereocenters. The highest BCUT2D eigenvalue weighted by molar-refractivity contribution is 5.94. The molecule has 1 aliphatic heterocycles. The van der Waals surface area contributed by atoms with Crippen LogP contribution in [0.25, 0.3) is 5.69 Å². The summed E-state index contributed by atoms with van der Waals surface area (Å²) in [6.45, 7) is 4.04. The molecule has 7 heteroatoms. The smallest absolute Gasteiger partial charge is 0.317 e. The van der Waals surface area contributed by atoms with Crippen LogP contribution in [-0.4, -0.2) is 68.8 Å². The van der Waals surface area contributed by atoms with Gasteiger partial charge in [0.2, 0.25) is 0 Å². The van der Waals surface area contributed by atoms with Gasteiger partial charge in [-0.2, -0.15) is 5.10 Å². The average molecular weight is 396 g/mol. The van der Waals surface area contributed by atoms with Gasteiger partial charge in [0.05, 0.1) is 12.2 Å². The van der Waals surface area contributed by atoms with Crippen molar-refractivity contribution in [2.75, 3.05) is 26.2 Å². The Kier molecular flexibility index (Phi) is 5.67. The summed E-state index contributed by atoms with van der Waals surface area (Å²) >= 11 is 0. The molecule has 1 amide bonds. The monoisotopic (exact) mass is 396 g/mol. The molecular weight excluding hydrogens is 368 g/mol. The first kappa shape index (κ1) is 19.6. The third-order valence-electron chi connectivity index (χ3n) is 6.15. The molecule has 154 valence electrons. The van der Waals surface area contributed by atoms with Crippen LogP contribution in [0.15, 0.2) is 30.3 Å². The van der Waals surface area contributed by atoms with Crippen LogP contribution in [0.1, 0.15) is 47.9 Å². The Bertz CT molecular complexity index is 885. The minimum atomic E-state index is -0.799. The Morgan fingerprint density at radius 3 is 2.55 bits per heavy atom. The molecule has 1 N–H and O–H groups in total. The lowest BCUT2D eigenvalue weighted by molar-refractivity contribution is -0.139. The van der Waals surface area contributed by atoms with E-state index in [1.165, 1.54) is 0 Å². The number of aromatic nitrogens is 2. The number of hydrogen-bond acceptors (Lipinski definition) is 4. The van der Waals surface area contributed by atoms with Gasteiger partial charge in [-0.3, -0.25) is 14.5 Å². The first-order valence-corrected chi connectivity index (χ1v) is 10.5. The van der Waals surface area contributed by atoms with Crippen LogP contribution in [0.3, 0.4) is 0 Å². The van der Waals surface area contributed by atoms with Gasteiger partial charge >= 0.3 is 5.97 Å². The second kappa shape index (κ2) is 8.37. The lowest BCUT2D eigenvalue weighted by Gasteiger charge is -2.37. The molecule has 0 bridgehead atoms. The fourth-order valence-electron chi connectivity index (χ4n) is 4.65. The highest BCUT2D eigenvalue weighted by Gasteiger charge is 2.32. The van der Waals surface area contributed by atoms with Gasteiger partial charge in [0.1, 0.15) is 0 Å². The molecule has 0 saturated carbocycles. The molecule has 0 spiro atoms. The maximum absolute atomic E-state index is 13.3. The number of carboxylic acids is 1. The number of carboxylic acid groups (broad SMARTS) is 1. The molecule has 0 unspecified atom stereocenters. The molecule has 2 aromatic rings. The van der Waals surface area contributed by atoms with Crippen molar-refractivity contribution < 1.29 is 14.7 Å². The number of amides is 1. The van der Waals surface area contributed by atoms with Crippen LogP contribution in [0, 0.1) is 0 Å². The van der Waals surface area contributed by atoms with Crippen LogP contribution < -0.4 is 0 Å². The quantitative estimate of drug-likeness (QED) is 0.811. The van der Waals surface area contributed by atoms with Crippen molar-refractivity contribution in [3.8, 4) is 5.69 Å². The Hall–Kier alpha value is -2.67. The van der Waals surface area contributed by atoms with E-state index in [9.17, 15) is 9.59 Å². The fourth-order valence-corrected chi connectivity index (χ4v) is 4.65. The van der Waals surface area contributed by atoms with Gasteiger partial charge in [0.15, 0.2) is 5.69 Å².